The van der Waals surface area contributed by atoms with E-state index in [0.29, 0.717) is 12.8 Å². The van der Waals surface area contributed by atoms with Crippen molar-refractivity contribution in [3.8, 4) is 0 Å². The summed E-state index contributed by atoms with van der Waals surface area (Å²) in [4.78, 5) is 12.6. The molecule has 0 aliphatic heterocycles. The van der Waals surface area contributed by atoms with E-state index in [2.05, 4.69) is 4.90 Å². The molecule has 0 rings (SSSR count). The van der Waals surface area contributed by atoms with Gasteiger partial charge in [-0.1, -0.05) is 0 Å². The fraction of sp³-hybridized carbons (Fsp3) is 0.909. The van der Waals surface area contributed by atoms with Gasteiger partial charge >= 0.3 is 6.18 Å². The van der Waals surface area contributed by atoms with E-state index in [1.54, 1.807) is 11.8 Å². The normalized spacial score (nSPS) is 12.1. The van der Waals surface area contributed by atoms with Gasteiger partial charge in [0.05, 0.1) is 0 Å². The van der Waals surface area contributed by atoms with Crippen LogP contribution in [-0.2, 0) is 4.79 Å². The summed E-state index contributed by atoms with van der Waals surface area (Å²) in [5.41, 5.74) is 0. The fourth-order valence-electron chi connectivity index (χ4n) is 1.22. The summed E-state index contributed by atoms with van der Waals surface area (Å²) >= 11 is 1.74. The molecule has 2 nitrogen and oxygen atoms in total. The Hall–Kier alpha value is -0.230. The van der Waals surface area contributed by atoms with Crippen molar-refractivity contribution >= 4 is 17.5 Å². The molecule has 0 bridgehead atoms. The zero-order chi connectivity index (χ0) is 13.3. The second-order valence-corrected chi connectivity index (χ2v) is 5.37. The summed E-state index contributed by atoms with van der Waals surface area (Å²) in [5, 5.41) is 0. The maximum Gasteiger partial charge on any atom is 0.449 e. The van der Waals surface area contributed by atoms with Gasteiger partial charge in [0.15, 0.2) is 0 Å². The molecule has 102 valence electrons. The van der Waals surface area contributed by atoms with Crippen LogP contribution in [0.25, 0.3) is 0 Å². The van der Waals surface area contributed by atoms with Gasteiger partial charge in [-0.05, 0) is 51.4 Å². The Morgan fingerprint density at radius 3 is 2.24 bits per heavy atom. The van der Waals surface area contributed by atoms with Gasteiger partial charge < -0.3 is 4.90 Å². The van der Waals surface area contributed by atoms with Crippen LogP contribution in [0.1, 0.15) is 25.7 Å². The minimum absolute atomic E-state index is 0.332. The first-order valence-corrected chi connectivity index (χ1v) is 6.82. The van der Waals surface area contributed by atoms with Crippen molar-refractivity contribution in [1.29, 1.82) is 0 Å². The van der Waals surface area contributed by atoms with Crippen LogP contribution < -0.4 is 0 Å². The molecule has 0 aromatic carbocycles. The van der Waals surface area contributed by atoms with Crippen molar-refractivity contribution in [2.75, 3.05) is 32.1 Å². The van der Waals surface area contributed by atoms with Crippen molar-refractivity contribution < 1.29 is 18.0 Å². The van der Waals surface area contributed by atoms with Crippen molar-refractivity contribution in [2.45, 2.75) is 31.9 Å². The number of hydrogen-bond donors (Lipinski definition) is 0. The largest absolute Gasteiger partial charge is 0.449 e. The monoisotopic (exact) mass is 271 g/mol. The number of Topliss-reactive ketones (excluding diaryl/α,β-unsaturated/α-hetero) is 1. The topological polar surface area (TPSA) is 20.3 Å². The number of nitrogens with zero attached hydrogens (tertiary/aromatic N) is 1. The molecular weight excluding hydrogens is 251 g/mol. The lowest BCUT2D eigenvalue weighted by Gasteiger charge is -2.08. The van der Waals surface area contributed by atoms with E-state index in [1.807, 2.05) is 14.1 Å². The first kappa shape index (κ1) is 16.8. The Labute approximate surface area is 105 Å². The van der Waals surface area contributed by atoms with Gasteiger partial charge in [-0.15, -0.1) is 0 Å². The maximum atomic E-state index is 11.8. The smallest absolute Gasteiger partial charge is 0.309 e. The number of carbonyl (C=O) groups excluding carboxylic acids is 1. The molecule has 17 heavy (non-hydrogen) atoms. The number of unbranched alkanes of at least 4 members (excludes halogenated alkanes) is 1. The number of carbonyl (C=O) groups is 1. The van der Waals surface area contributed by atoms with Crippen LogP contribution in [0, 0.1) is 0 Å². The summed E-state index contributed by atoms with van der Waals surface area (Å²) in [6.45, 7) is 1.03. The van der Waals surface area contributed by atoms with Gasteiger partial charge in [0.2, 0.25) is 5.78 Å². The Morgan fingerprint density at radius 1 is 1.12 bits per heavy atom. The van der Waals surface area contributed by atoms with Gasteiger partial charge in [0.1, 0.15) is 0 Å². The number of hydrogen-bond acceptors (Lipinski definition) is 3. The van der Waals surface area contributed by atoms with Gasteiger partial charge in [-0.25, -0.2) is 0 Å². The van der Waals surface area contributed by atoms with E-state index in [0.717, 1.165) is 24.5 Å². The molecule has 0 saturated carbocycles. The van der Waals surface area contributed by atoms with Crippen LogP contribution in [0.15, 0.2) is 0 Å². The van der Waals surface area contributed by atoms with E-state index >= 15 is 0 Å². The van der Waals surface area contributed by atoms with Crippen LogP contribution in [0.2, 0.25) is 0 Å². The molecule has 0 aliphatic rings. The molecule has 0 atom stereocenters. The van der Waals surface area contributed by atoms with E-state index < -0.39 is 12.0 Å². The predicted octanol–water partition coefficient (Wildman–Crippen LogP) is 2.97. The van der Waals surface area contributed by atoms with E-state index in [-0.39, 0.29) is 6.42 Å². The van der Waals surface area contributed by atoms with E-state index in [4.69, 9.17) is 0 Å². The summed E-state index contributed by atoms with van der Waals surface area (Å²) < 4.78 is 35.5. The number of halogens is 3. The highest BCUT2D eigenvalue weighted by Crippen LogP contribution is 2.19. The number of thioether (sulfide) groups is 1. The molecule has 0 unspecified atom stereocenters. The lowest BCUT2D eigenvalue weighted by Crippen LogP contribution is -2.22. The van der Waals surface area contributed by atoms with E-state index in [1.165, 1.54) is 0 Å². The van der Waals surface area contributed by atoms with Crippen molar-refractivity contribution in [3.05, 3.63) is 0 Å². The highest BCUT2D eigenvalue weighted by atomic mass is 32.2. The molecular formula is C11H20F3NOS. The van der Waals surface area contributed by atoms with Crippen LogP contribution in [0.5, 0.6) is 0 Å². The highest BCUT2D eigenvalue weighted by Gasteiger charge is 2.36. The number of alkyl halides is 3. The van der Waals surface area contributed by atoms with E-state index in [9.17, 15) is 18.0 Å². The quantitative estimate of drug-likeness (QED) is 0.601. The molecule has 0 amide bonds. The summed E-state index contributed by atoms with van der Waals surface area (Å²) in [6, 6.07) is 0. The zero-order valence-corrected chi connectivity index (χ0v) is 11.2. The molecule has 0 spiro atoms. The zero-order valence-electron chi connectivity index (χ0n) is 10.3. The Kier molecular flexibility index (Phi) is 8.68. The van der Waals surface area contributed by atoms with Crippen LogP contribution in [-0.4, -0.2) is 49.0 Å². The van der Waals surface area contributed by atoms with Crippen LogP contribution in [0.4, 0.5) is 13.2 Å². The van der Waals surface area contributed by atoms with Crippen molar-refractivity contribution in [1.82, 2.24) is 4.90 Å². The minimum atomic E-state index is -4.65. The predicted molar refractivity (Wildman–Crippen MR) is 65.4 cm³/mol. The summed E-state index contributed by atoms with van der Waals surface area (Å²) in [6.07, 6.45) is -2.94. The van der Waals surface area contributed by atoms with Crippen LogP contribution >= 0.6 is 11.8 Å². The van der Waals surface area contributed by atoms with Gasteiger partial charge in [-0.3, -0.25) is 4.79 Å². The lowest BCUT2D eigenvalue weighted by molar-refractivity contribution is -0.171. The average Bonchev–Trinajstić information content (AvgIpc) is 2.19. The molecule has 0 aromatic rings. The second kappa shape index (κ2) is 8.80. The van der Waals surface area contributed by atoms with Crippen LogP contribution in [0.3, 0.4) is 0 Å². The minimum Gasteiger partial charge on any atom is -0.309 e. The first-order valence-electron chi connectivity index (χ1n) is 5.66. The first-order chi connectivity index (χ1) is 7.84. The lowest BCUT2D eigenvalue weighted by atomic mass is 10.2. The maximum absolute atomic E-state index is 11.8. The molecule has 0 radical (unpaired) electrons. The molecule has 0 aliphatic carbocycles. The van der Waals surface area contributed by atoms with Crippen molar-refractivity contribution in [2.24, 2.45) is 0 Å². The summed E-state index contributed by atoms with van der Waals surface area (Å²) in [7, 11) is 4.01. The third kappa shape index (κ3) is 10.6. The van der Waals surface area contributed by atoms with Gasteiger partial charge in [-0.2, -0.15) is 24.9 Å². The third-order valence-corrected chi connectivity index (χ3v) is 3.31. The highest BCUT2D eigenvalue weighted by molar-refractivity contribution is 7.99. The Bertz CT molecular complexity index is 219. The Balaban J connectivity index is 3.27. The average molecular weight is 271 g/mol. The third-order valence-electron chi connectivity index (χ3n) is 2.15. The SMILES string of the molecule is CN(C)CCCSCCCCC(=O)C(F)(F)F. The molecule has 0 heterocycles. The Morgan fingerprint density at radius 2 is 1.71 bits per heavy atom. The molecule has 0 aromatic heterocycles. The fourth-order valence-corrected chi connectivity index (χ4v) is 2.16. The number of rotatable bonds is 9. The summed E-state index contributed by atoms with van der Waals surface area (Å²) in [5.74, 6) is 0.249. The second-order valence-electron chi connectivity index (χ2n) is 4.15. The molecule has 0 fully saturated rings. The molecule has 0 saturated heterocycles. The standard InChI is InChI=1S/C11H20F3NOS/c1-15(2)7-5-9-17-8-4-3-6-10(16)11(12,13)14/h3-9H2,1-2H3. The van der Waals surface area contributed by atoms with Gasteiger partial charge in [0.25, 0.3) is 0 Å². The number of ketones is 1. The molecule has 6 heteroatoms. The van der Waals surface area contributed by atoms with Gasteiger partial charge in [0, 0.05) is 6.42 Å². The van der Waals surface area contributed by atoms with Crippen molar-refractivity contribution in [3.63, 3.8) is 0 Å². The molecule has 0 N–H and O–H groups in total.